The van der Waals surface area contributed by atoms with Crippen LogP contribution in [0.5, 0.6) is 5.75 Å². The standard InChI is InChI=1S/C19H23N3O4/c1-14-10-16(21-26-14)18(23)22-8-5-17-19(12-22,6-3-9-24-17)13-25-15-4-2-7-20-11-15/h2,4,7,10-11,17H,3,5-6,8-9,12-13H2,1H3/t17-,19+/m1/s1. The van der Waals surface area contributed by atoms with Gasteiger partial charge in [-0.05, 0) is 38.3 Å². The van der Waals surface area contributed by atoms with Gasteiger partial charge in [0.25, 0.3) is 5.91 Å². The van der Waals surface area contributed by atoms with Crippen LogP contribution in [0.25, 0.3) is 0 Å². The molecule has 0 aliphatic carbocycles. The van der Waals surface area contributed by atoms with E-state index in [1.165, 1.54) is 0 Å². The number of piperidine rings is 1. The van der Waals surface area contributed by atoms with Crippen molar-refractivity contribution in [2.75, 3.05) is 26.3 Å². The molecule has 0 bridgehead atoms. The zero-order chi connectivity index (χ0) is 18.0. The number of rotatable bonds is 4. The number of aryl methyl sites for hydroxylation is 1. The van der Waals surface area contributed by atoms with E-state index < -0.39 is 0 Å². The maximum absolute atomic E-state index is 12.8. The summed E-state index contributed by atoms with van der Waals surface area (Å²) in [6.07, 6.45) is 6.28. The fourth-order valence-electron chi connectivity index (χ4n) is 3.96. The number of amides is 1. The summed E-state index contributed by atoms with van der Waals surface area (Å²) in [5.41, 5.74) is 0.154. The molecule has 0 N–H and O–H groups in total. The van der Waals surface area contributed by atoms with Crippen molar-refractivity contribution in [3.8, 4) is 5.75 Å². The molecule has 0 radical (unpaired) electrons. The minimum absolute atomic E-state index is 0.0911. The first-order valence-electron chi connectivity index (χ1n) is 9.03. The van der Waals surface area contributed by atoms with Crippen LogP contribution in [0.4, 0.5) is 0 Å². The fraction of sp³-hybridized carbons (Fsp3) is 0.526. The van der Waals surface area contributed by atoms with E-state index in [9.17, 15) is 4.79 Å². The summed E-state index contributed by atoms with van der Waals surface area (Å²) in [5, 5.41) is 3.87. The number of nitrogens with zero attached hydrogens (tertiary/aromatic N) is 3. The minimum Gasteiger partial charge on any atom is -0.491 e. The Morgan fingerprint density at radius 3 is 3.19 bits per heavy atom. The van der Waals surface area contributed by atoms with Gasteiger partial charge in [-0.15, -0.1) is 0 Å². The highest BCUT2D eigenvalue weighted by molar-refractivity contribution is 5.92. The molecule has 2 fully saturated rings. The van der Waals surface area contributed by atoms with Gasteiger partial charge >= 0.3 is 0 Å². The summed E-state index contributed by atoms with van der Waals surface area (Å²) < 4.78 is 17.1. The molecular weight excluding hydrogens is 334 g/mol. The Balaban J connectivity index is 1.51. The molecule has 2 aromatic rings. The monoisotopic (exact) mass is 357 g/mol. The molecule has 7 heteroatoms. The Labute approximate surface area is 152 Å². The third-order valence-corrected chi connectivity index (χ3v) is 5.28. The Bertz CT molecular complexity index is 763. The first-order chi connectivity index (χ1) is 12.7. The number of carbonyl (C=O) groups excluding carboxylic acids is 1. The molecule has 2 aliphatic heterocycles. The summed E-state index contributed by atoms with van der Waals surface area (Å²) in [5.74, 6) is 1.28. The molecule has 1 amide bonds. The fourth-order valence-corrected chi connectivity index (χ4v) is 3.96. The van der Waals surface area contributed by atoms with Crippen LogP contribution >= 0.6 is 0 Å². The quantitative estimate of drug-likeness (QED) is 0.836. The average molecular weight is 357 g/mol. The molecule has 4 rings (SSSR count). The summed E-state index contributed by atoms with van der Waals surface area (Å²) in [6, 6.07) is 5.43. The van der Waals surface area contributed by atoms with E-state index in [1.54, 1.807) is 25.4 Å². The number of aromatic nitrogens is 2. The largest absolute Gasteiger partial charge is 0.491 e. The smallest absolute Gasteiger partial charge is 0.276 e. The first kappa shape index (κ1) is 17.0. The molecule has 26 heavy (non-hydrogen) atoms. The van der Waals surface area contributed by atoms with Crippen LogP contribution in [-0.2, 0) is 4.74 Å². The van der Waals surface area contributed by atoms with Crippen LogP contribution < -0.4 is 4.74 Å². The van der Waals surface area contributed by atoms with Crippen molar-refractivity contribution < 1.29 is 18.8 Å². The van der Waals surface area contributed by atoms with Crippen LogP contribution in [0.1, 0.15) is 35.5 Å². The number of hydrogen-bond donors (Lipinski definition) is 0. The topological polar surface area (TPSA) is 77.7 Å². The molecule has 7 nitrogen and oxygen atoms in total. The molecule has 2 atom stereocenters. The molecule has 0 spiro atoms. The molecule has 0 aromatic carbocycles. The van der Waals surface area contributed by atoms with Gasteiger partial charge in [-0.1, -0.05) is 5.16 Å². The van der Waals surface area contributed by atoms with Crippen molar-refractivity contribution in [1.29, 1.82) is 0 Å². The van der Waals surface area contributed by atoms with Crippen molar-refractivity contribution in [2.45, 2.75) is 32.3 Å². The highest BCUT2D eigenvalue weighted by Crippen LogP contribution is 2.41. The van der Waals surface area contributed by atoms with Crippen LogP contribution in [0, 0.1) is 12.3 Å². The van der Waals surface area contributed by atoms with E-state index in [1.807, 2.05) is 17.0 Å². The number of hydrogen-bond acceptors (Lipinski definition) is 6. The molecule has 2 aliphatic rings. The zero-order valence-corrected chi connectivity index (χ0v) is 14.9. The summed E-state index contributed by atoms with van der Waals surface area (Å²) in [7, 11) is 0. The Hall–Kier alpha value is -2.41. The van der Waals surface area contributed by atoms with E-state index in [0.717, 1.165) is 31.6 Å². The van der Waals surface area contributed by atoms with E-state index in [4.69, 9.17) is 14.0 Å². The molecular formula is C19H23N3O4. The number of ether oxygens (including phenoxy) is 2. The SMILES string of the molecule is Cc1cc(C(=O)N2CC[C@H]3OCCC[C@@]3(COc3cccnc3)C2)no1. The minimum atomic E-state index is -0.208. The normalized spacial score (nSPS) is 25.6. The van der Waals surface area contributed by atoms with E-state index in [-0.39, 0.29) is 17.4 Å². The second kappa shape index (κ2) is 7.07. The number of likely N-dealkylation sites (tertiary alicyclic amines) is 1. The van der Waals surface area contributed by atoms with Gasteiger partial charge in [0.05, 0.1) is 18.9 Å². The van der Waals surface area contributed by atoms with Gasteiger partial charge in [0, 0.05) is 37.4 Å². The van der Waals surface area contributed by atoms with Gasteiger partial charge in [0.15, 0.2) is 5.69 Å². The predicted octanol–water partition coefficient (Wildman–Crippen LogP) is 2.47. The molecule has 2 aromatic heterocycles. The van der Waals surface area contributed by atoms with Crippen molar-refractivity contribution in [1.82, 2.24) is 15.0 Å². The number of carbonyl (C=O) groups is 1. The van der Waals surface area contributed by atoms with Crippen LogP contribution in [0.15, 0.2) is 35.1 Å². The van der Waals surface area contributed by atoms with Gasteiger partial charge in [-0.3, -0.25) is 9.78 Å². The van der Waals surface area contributed by atoms with Gasteiger partial charge in [-0.2, -0.15) is 0 Å². The molecule has 2 saturated heterocycles. The van der Waals surface area contributed by atoms with Crippen molar-refractivity contribution in [2.24, 2.45) is 5.41 Å². The number of fused-ring (bicyclic) bond motifs is 1. The van der Waals surface area contributed by atoms with Gasteiger partial charge in [0.1, 0.15) is 11.5 Å². The van der Waals surface area contributed by atoms with Crippen molar-refractivity contribution in [3.63, 3.8) is 0 Å². The van der Waals surface area contributed by atoms with E-state index in [2.05, 4.69) is 10.1 Å². The average Bonchev–Trinajstić information content (AvgIpc) is 3.12. The molecule has 0 saturated carbocycles. The lowest BCUT2D eigenvalue weighted by molar-refractivity contribution is -0.133. The Morgan fingerprint density at radius 2 is 2.42 bits per heavy atom. The third kappa shape index (κ3) is 3.31. The van der Waals surface area contributed by atoms with Gasteiger partial charge in [0.2, 0.25) is 0 Å². The third-order valence-electron chi connectivity index (χ3n) is 5.28. The van der Waals surface area contributed by atoms with Crippen molar-refractivity contribution in [3.05, 3.63) is 42.0 Å². The van der Waals surface area contributed by atoms with Crippen LogP contribution in [0.3, 0.4) is 0 Å². The van der Waals surface area contributed by atoms with Crippen LogP contribution in [-0.4, -0.2) is 53.4 Å². The lowest BCUT2D eigenvalue weighted by atomic mass is 9.73. The van der Waals surface area contributed by atoms with E-state index in [0.29, 0.717) is 31.2 Å². The highest BCUT2D eigenvalue weighted by Gasteiger charge is 2.48. The van der Waals surface area contributed by atoms with Crippen molar-refractivity contribution >= 4 is 5.91 Å². The van der Waals surface area contributed by atoms with Gasteiger partial charge < -0.3 is 18.9 Å². The predicted molar refractivity (Wildman–Crippen MR) is 92.9 cm³/mol. The molecule has 4 heterocycles. The Morgan fingerprint density at radius 1 is 1.50 bits per heavy atom. The molecule has 0 unspecified atom stereocenters. The highest BCUT2D eigenvalue weighted by atomic mass is 16.5. The summed E-state index contributed by atoms with van der Waals surface area (Å²) in [4.78, 5) is 18.8. The van der Waals surface area contributed by atoms with Gasteiger partial charge in [-0.25, -0.2) is 0 Å². The van der Waals surface area contributed by atoms with E-state index >= 15 is 0 Å². The lowest BCUT2D eigenvalue weighted by Gasteiger charge is -2.49. The first-order valence-corrected chi connectivity index (χ1v) is 9.03. The van der Waals surface area contributed by atoms with Crippen LogP contribution in [0.2, 0.25) is 0 Å². The summed E-state index contributed by atoms with van der Waals surface area (Å²) in [6.45, 7) is 4.32. The summed E-state index contributed by atoms with van der Waals surface area (Å²) >= 11 is 0. The zero-order valence-electron chi connectivity index (χ0n) is 14.9. The second-order valence-corrected chi connectivity index (χ2v) is 7.14. The number of pyridine rings is 1. The maximum atomic E-state index is 12.8. The lowest BCUT2D eigenvalue weighted by Crippen LogP contribution is -2.58. The maximum Gasteiger partial charge on any atom is 0.276 e. The second-order valence-electron chi connectivity index (χ2n) is 7.14. The molecule has 138 valence electrons. The Kier molecular flexibility index (Phi) is 4.63.